The summed E-state index contributed by atoms with van der Waals surface area (Å²) in [5.41, 5.74) is 0. The van der Waals surface area contributed by atoms with Crippen LogP contribution in [0.2, 0.25) is 0 Å². The lowest BCUT2D eigenvalue weighted by Crippen LogP contribution is -2.30. The van der Waals surface area contributed by atoms with Gasteiger partial charge in [-0.05, 0) is 44.9 Å². The van der Waals surface area contributed by atoms with Gasteiger partial charge in [0.1, 0.15) is 13.2 Å². The maximum Gasteiger partial charge on any atom is 0.306 e. The second-order valence-electron chi connectivity index (χ2n) is 19.6. The Bertz CT molecular complexity index is 993. The minimum absolute atomic E-state index is 0.0682. The van der Waals surface area contributed by atoms with Crippen molar-refractivity contribution in [1.29, 1.82) is 0 Å². The summed E-state index contributed by atoms with van der Waals surface area (Å²) in [6.45, 7) is 6.63. The van der Waals surface area contributed by atoms with Crippen LogP contribution in [0.3, 0.4) is 0 Å². The third-order valence-corrected chi connectivity index (χ3v) is 13.0. The van der Waals surface area contributed by atoms with E-state index in [0.717, 1.165) is 64.2 Å². The van der Waals surface area contributed by atoms with Gasteiger partial charge in [0.15, 0.2) is 6.10 Å². The van der Waals surface area contributed by atoms with Gasteiger partial charge in [-0.2, -0.15) is 0 Å². The molecule has 6 heteroatoms. The average Bonchev–Trinajstić information content (AvgIpc) is 3.29. The van der Waals surface area contributed by atoms with E-state index in [1.54, 1.807) is 0 Å². The van der Waals surface area contributed by atoms with Gasteiger partial charge in [-0.1, -0.05) is 270 Å². The lowest BCUT2D eigenvalue weighted by atomic mass is 10.0. The van der Waals surface area contributed by atoms with Crippen molar-refractivity contribution in [2.45, 2.75) is 329 Å². The molecule has 0 fully saturated rings. The van der Waals surface area contributed by atoms with Gasteiger partial charge in [-0.25, -0.2) is 0 Å². The second kappa shape index (κ2) is 53.8. The first-order valence-corrected chi connectivity index (χ1v) is 28.7. The Kier molecular flexibility index (Phi) is 52.2. The number of rotatable bonds is 53. The van der Waals surface area contributed by atoms with E-state index in [0.29, 0.717) is 19.3 Å². The van der Waals surface area contributed by atoms with Crippen LogP contribution in [0.5, 0.6) is 0 Å². The zero-order valence-corrected chi connectivity index (χ0v) is 43.3. The first kappa shape index (κ1) is 62.1. The number of carbonyl (C=O) groups excluding carboxylic acids is 3. The number of unbranched alkanes of at least 4 members (excludes halogenated alkanes) is 40. The van der Waals surface area contributed by atoms with Gasteiger partial charge in [0.25, 0.3) is 0 Å². The first-order valence-electron chi connectivity index (χ1n) is 28.7. The van der Waals surface area contributed by atoms with Crippen molar-refractivity contribution in [3.05, 3.63) is 12.2 Å². The van der Waals surface area contributed by atoms with Crippen LogP contribution in [0.25, 0.3) is 0 Å². The fourth-order valence-corrected chi connectivity index (χ4v) is 8.68. The van der Waals surface area contributed by atoms with Gasteiger partial charge < -0.3 is 14.2 Å². The number of ether oxygens (including phenoxy) is 3. The highest BCUT2D eigenvalue weighted by molar-refractivity contribution is 5.71. The molecule has 0 amide bonds. The van der Waals surface area contributed by atoms with Crippen molar-refractivity contribution in [2.75, 3.05) is 13.2 Å². The summed E-state index contributed by atoms with van der Waals surface area (Å²) >= 11 is 0. The molecule has 0 saturated carbocycles. The molecule has 378 valence electrons. The maximum atomic E-state index is 12.8. The molecule has 0 aromatic carbocycles. The van der Waals surface area contributed by atoms with Crippen LogP contribution in [-0.4, -0.2) is 37.2 Å². The summed E-state index contributed by atoms with van der Waals surface area (Å²) in [7, 11) is 0. The Labute approximate surface area is 399 Å². The van der Waals surface area contributed by atoms with Crippen molar-refractivity contribution in [3.8, 4) is 0 Å². The topological polar surface area (TPSA) is 78.9 Å². The minimum atomic E-state index is -0.767. The predicted molar refractivity (Wildman–Crippen MR) is 275 cm³/mol. The van der Waals surface area contributed by atoms with Crippen LogP contribution in [0.15, 0.2) is 12.2 Å². The van der Waals surface area contributed by atoms with Gasteiger partial charge in [0, 0.05) is 19.3 Å². The maximum absolute atomic E-state index is 12.8. The quantitative estimate of drug-likeness (QED) is 0.0262. The predicted octanol–water partition coefficient (Wildman–Crippen LogP) is 18.9. The summed E-state index contributed by atoms with van der Waals surface area (Å²) < 4.78 is 16.8. The van der Waals surface area contributed by atoms with Crippen LogP contribution in [0.1, 0.15) is 323 Å². The normalized spacial score (nSPS) is 12.0. The lowest BCUT2D eigenvalue weighted by Gasteiger charge is -2.18. The Balaban J connectivity index is 4.09. The number of hydrogen-bond donors (Lipinski definition) is 0. The van der Waals surface area contributed by atoms with Crippen LogP contribution in [-0.2, 0) is 28.6 Å². The van der Waals surface area contributed by atoms with Crippen molar-refractivity contribution in [2.24, 2.45) is 0 Å². The molecule has 0 saturated heterocycles. The molecular formula is C58H110O6. The van der Waals surface area contributed by atoms with Gasteiger partial charge in [-0.15, -0.1) is 0 Å². The van der Waals surface area contributed by atoms with Crippen molar-refractivity contribution in [3.63, 3.8) is 0 Å². The monoisotopic (exact) mass is 903 g/mol. The Morgan fingerprint density at radius 2 is 0.516 bits per heavy atom. The fourth-order valence-electron chi connectivity index (χ4n) is 8.68. The summed E-state index contributed by atoms with van der Waals surface area (Å²) in [4.78, 5) is 37.9. The molecule has 0 bridgehead atoms. The second-order valence-corrected chi connectivity index (χ2v) is 19.6. The van der Waals surface area contributed by atoms with Gasteiger partial charge in [0.2, 0.25) is 0 Å². The number of allylic oxidation sites excluding steroid dienone is 2. The lowest BCUT2D eigenvalue weighted by molar-refractivity contribution is -0.167. The zero-order valence-electron chi connectivity index (χ0n) is 43.3. The molecule has 64 heavy (non-hydrogen) atoms. The standard InChI is InChI=1S/C58H110O6/c1-4-7-10-13-16-19-21-23-24-25-26-27-28-29-30-31-32-33-34-35-37-39-42-45-48-51-57(60)63-54-55(53-62-56(59)50-47-44-41-38-18-15-12-9-6-3)64-58(61)52-49-46-43-40-36-22-20-17-14-11-8-5-2/h17,20,55H,4-16,18-19,21-54H2,1-3H3/b20-17-. The zero-order chi connectivity index (χ0) is 46.5. The van der Waals surface area contributed by atoms with Crippen molar-refractivity contribution < 1.29 is 28.6 Å². The Morgan fingerprint density at radius 3 is 0.812 bits per heavy atom. The molecule has 0 aromatic rings. The van der Waals surface area contributed by atoms with Crippen LogP contribution >= 0.6 is 0 Å². The van der Waals surface area contributed by atoms with E-state index in [-0.39, 0.29) is 31.1 Å². The molecule has 0 aliphatic carbocycles. The van der Waals surface area contributed by atoms with Gasteiger partial charge >= 0.3 is 17.9 Å². The highest BCUT2D eigenvalue weighted by atomic mass is 16.6. The molecule has 0 aliphatic rings. The molecule has 1 unspecified atom stereocenters. The van der Waals surface area contributed by atoms with Crippen molar-refractivity contribution in [1.82, 2.24) is 0 Å². The van der Waals surface area contributed by atoms with Crippen LogP contribution in [0.4, 0.5) is 0 Å². The molecule has 0 rings (SSSR count). The number of carbonyl (C=O) groups is 3. The molecule has 0 aliphatic heterocycles. The molecule has 0 heterocycles. The summed E-state index contributed by atoms with van der Waals surface area (Å²) in [5.74, 6) is -0.861. The summed E-state index contributed by atoms with van der Waals surface area (Å²) in [6, 6.07) is 0. The average molecular weight is 904 g/mol. The van der Waals surface area contributed by atoms with Gasteiger partial charge in [-0.3, -0.25) is 14.4 Å². The van der Waals surface area contributed by atoms with E-state index in [9.17, 15) is 14.4 Å². The molecule has 0 spiro atoms. The van der Waals surface area contributed by atoms with E-state index in [2.05, 4.69) is 32.9 Å². The molecule has 0 aromatic heterocycles. The van der Waals surface area contributed by atoms with E-state index >= 15 is 0 Å². The van der Waals surface area contributed by atoms with E-state index in [4.69, 9.17) is 14.2 Å². The third kappa shape index (κ3) is 51.1. The Hall–Kier alpha value is -1.85. The fraction of sp³-hybridized carbons (Fsp3) is 0.914. The summed E-state index contributed by atoms with van der Waals surface area (Å²) in [6.07, 6.45) is 60.9. The highest BCUT2D eigenvalue weighted by Gasteiger charge is 2.19. The number of esters is 3. The minimum Gasteiger partial charge on any atom is -0.462 e. The van der Waals surface area contributed by atoms with Crippen molar-refractivity contribution >= 4 is 17.9 Å². The van der Waals surface area contributed by atoms with Gasteiger partial charge in [0.05, 0.1) is 0 Å². The molecular weight excluding hydrogens is 793 g/mol. The van der Waals surface area contributed by atoms with E-state index in [1.807, 2.05) is 0 Å². The smallest absolute Gasteiger partial charge is 0.306 e. The van der Waals surface area contributed by atoms with Crippen LogP contribution < -0.4 is 0 Å². The SMILES string of the molecule is CCCCC/C=C\CCCCCCCC(=O)OC(COC(=O)CCCCCCCCCCC)COC(=O)CCCCCCCCCCCCCCCCCCCCCCCCCCC. The van der Waals surface area contributed by atoms with Crippen LogP contribution in [0, 0.1) is 0 Å². The first-order chi connectivity index (χ1) is 31.5. The highest BCUT2D eigenvalue weighted by Crippen LogP contribution is 2.17. The molecule has 0 radical (unpaired) electrons. The summed E-state index contributed by atoms with van der Waals surface area (Å²) in [5, 5.41) is 0. The molecule has 0 N–H and O–H groups in total. The largest absolute Gasteiger partial charge is 0.462 e. The Morgan fingerprint density at radius 1 is 0.297 bits per heavy atom. The van der Waals surface area contributed by atoms with E-state index < -0.39 is 6.10 Å². The molecule has 6 nitrogen and oxygen atoms in total. The third-order valence-electron chi connectivity index (χ3n) is 13.0. The number of hydrogen-bond acceptors (Lipinski definition) is 6. The molecule has 1 atom stereocenters. The van der Waals surface area contributed by atoms with E-state index in [1.165, 1.54) is 218 Å².